The molecule has 6 heteroatoms. The van der Waals surface area contributed by atoms with Gasteiger partial charge in [0.1, 0.15) is 23.4 Å². The van der Waals surface area contributed by atoms with E-state index in [-0.39, 0.29) is 19.0 Å². The molecule has 2 heterocycles. The molecule has 0 fully saturated rings. The van der Waals surface area contributed by atoms with Crippen LogP contribution in [0.4, 0.5) is 0 Å². The van der Waals surface area contributed by atoms with Gasteiger partial charge in [-0.25, -0.2) is 0 Å². The topological polar surface area (TPSA) is 63.2 Å². The second-order valence-electron chi connectivity index (χ2n) is 5.54. The number of fused-ring (bicyclic) bond motifs is 2. The smallest absolute Gasteiger partial charge is 0.231 e. The molecule has 2 aromatic rings. The van der Waals surface area contributed by atoms with Crippen LogP contribution >= 0.6 is 0 Å². The minimum Gasteiger partial charge on any atom is -0.497 e. The van der Waals surface area contributed by atoms with Gasteiger partial charge in [0.2, 0.25) is 6.79 Å². The monoisotopic (exact) mass is 328 g/mol. The van der Waals surface area contributed by atoms with Gasteiger partial charge in [-0.2, -0.15) is 0 Å². The summed E-state index contributed by atoms with van der Waals surface area (Å²) in [6, 6.07) is 8.76. The lowest BCUT2D eigenvalue weighted by atomic mass is 9.95. The number of hydrogen-bond acceptors (Lipinski definition) is 6. The van der Waals surface area contributed by atoms with Crippen LogP contribution in [-0.4, -0.2) is 26.8 Å². The SMILES string of the molecule is COc1ccc2c(c1)OC(c1cc3c(cc1OC)OCO3)CC2=O. The summed E-state index contributed by atoms with van der Waals surface area (Å²) in [6.07, 6.45) is -0.225. The van der Waals surface area contributed by atoms with Crippen LogP contribution in [0.15, 0.2) is 30.3 Å². The zero-order valence-electron chi connectivity index (χ0n) is 13.3. The highest BCUT2D eigenvalue weighted by Crippen LogP contribution is 2.44. The van der Waals surface area contributed by atoms with E-state index in [2.05, 4.69) is 0 Å². The summed E-state index contributed by atoms with van der Waals surface area (Å²) in [7, 11) is 3.15. The number of hydrogen-bond donors (Lipinski definition) is 0. The predicted octanol–water partition coefficient (Wildman–Crippen LogP) is 3.14. The summed E-state index contributed by atoms with van der Waals surface area (Å²) in [5.41, 5.74) is 1.32. The summed E-state index contributed by atoms with van der Waals surface area (Å²) in [5.74, 6) is 3.01. The summed E-state index contributed by atoms with van der Waals surface area (Å²) in [5, 5.41) is 0. The van der Waals surface area contributed by atoms with Gasteiger partial charge in [0.05, 0.1) is 26.2 Å². The summed E-state index contributed by atoms with van der Waals surface area (Å²) >= 11 is 0. The number of Topliss-reactive ketones (excluding diaryl/α,β-unsaturated/α-hetero) is 1. The van der Waals surface area contributed by atoms with Crippen LogP contribution in [0.25, 0.3) is 0 Å². The van der Waals surface area contributed by atoms with Gasteiger partial charge in [0.25, 0.3) is 0 Å². The van der Waals surface area contributed by atoms with Crippen molar-refractivity contribution in [2.24, 2.45) is 0 Å². The molecule has 0 aromatic heterocycles. The van der Waals surface area contributed by atoms with E-state index in [0.29, 0.717) is 34.3 Å². The molecule has 24 heavy (non-hydrogen) atoms. The largest absolute Gasteiger partial charge is 0.497 e. The van der Waals surface area contributed by atoms with Gasteiger partial charge in [0.15, 0.2) is 17.3 Å². The van der Waals surface area contributed by atoms with Gasteiger partial charge >= 0.3 is 0 Å². The third-order valence-corrected chi connectivity index (χ3v) is 4.20. The minimum atomic E-state index is -0.457. The maximum Gasteiger partial charge on any atom is 0.231 e. The molecule has 0 saturated carbocycles. The van der Waals surface area contributed by atoms with E-state index in [4.69, 9.17) is 23.7 Å². The fourth-order valence-electron chi connectivity index (χ4n) is 2.97. The van der Waals surface area contributed by atoms with Gasteiger partial charge in [-0.05, 0) is 18.2 Å². The first-order valence-corrected chi connectivity index (χ1v) is 7.55. The molecule has 1 unspecified atom stereocenters. The lowest BCUT2D eigenvalue weighted by Gasteiger charge is -2.27. The number of methoxy groups -OCH3 is 2. The Balaban J connectivity index is 1.74. The Morgan fingerprint density at radius 1 is 1.00 bits per heavy atom. The third-order valence-electron chi connectivity index (χ3n) is 4.20. The third kappa shape index (κ3) is 2.31. The van der Waals surface area contributed by atoms with Crippen molar-refractivity contribution in [2.45, 2.75) is 12.5 Å². The molecule has 4 rings (SSSR count). The van der Waals surface area contributed by atoms with E-state index in [0.717, 1.165) is 5.56 Å². The fourth-order valence-corrected chi connectivity index (χ4v) is 2.97. The molecule has 2 aliphatic rings. The van der Waals surface area contributed by atoms with Gasteiger partial charge in [0, 0.05) is 17.7 Å². The minimum absolute atomic E-state index is 0.0172. The van der Waals surface area contributed by atoms with Crippen molar-refractivity contribution in [3.05, 3.63) is 41.5 Å². The summed E-state index contributed by atoms with van der Waals surface area (Å²) < 4.78 is 27.5. The Kier molecular flexibility index (Phi) is 3.45. The molecular weight excluding hydrogens is 312 g/mol. The first-order valence-electron chi connectivity index (χ1n) is 7.55. The second-order valence-corrected chi connectivity index (χ2v) is 5.54. The second kappa shape index (κ2) is 5.63. The number of ketones is 1. The zero-order valence-corrected chi connectivity index (χ0v) is 13.3. The number of ether oxygens (including phenoxy) is 5. The summed E-state index contributed by atoms with van der Waals surface area (Å²) in [6.45, 7) is 0.173. The van der Waals surface area contributed by atoms with Crippen molar-refractivity contribution in [1.82, 2.24) is 0 Å². The fraction of sp³-hybridized carbons (Fsp3) is 0.278. The maximum absolute atomic E-state index is 12.5. The normalized spacial score (nSPS) is 17.9. The highest BCUT2D eigenvalue weighted by Gasteiger charge is 2.31. The van der Waals surface area contributed by atoms with Crippen molar-refractivity contribution in [2.75, 3.05) is 21.0 Å². The maximum atomic E-state index is 12.5. The average Bonchev–Trinajstić information content (AvgIpc) is 3.07. The van der Waals surface area contributed by atoms with Crippen molar-refractivity contribution < 1.29 is 28.5 Å². The van der Waals surface area contributed by atoms with Crippen molar-refractivity contribution >= 4 is 5.78 Å². The van der Waals surface area contributed by atoms with E-state index in [9.17, 15) is 4.79 Å². The molecule has 124 valence electrons. The Hall–Kier alpha value is -2.89. The molecule has 0 aliphatic carbocycles. The van der Waals surface area contributed by atoms with Crippen molar-refractivity contribution in [3.8, 4) is 28.7 Å². The lowest BCUT2D eigenvalue weighted by Crippen LogP contribution is -2.21. The van der Waals surface area contributed by atoms with Gasteiger partial charge in [-0.3, -0.25) is 4.79 Å². The molecular formula is C18H16O6. The van der Waals surface area contributed by atoms with Crippen LogP contribution in [0.2, 0.25) is 0 Å². The van der Waals surface area contributed by atoms with Gasteiger partial charge < -0.3 is 23.7 Å². The first-order chi connectivity index (χ1) is 11.7. The first kappa shape index (κ1) is 14.7. The molecule has 2 aromatic carbocycles. The van der Waals surface area contributed by atoms with Crippen LogP contribution in [0.3, 0.4) is 0 Å². The highest BCUT2D eigenvalue weighted by molar-refractivity contribution is 6.00. The number of carbonyl (C=O) groups excluding carboxylic acids is 1. The molecule has 0 saturated heterocycles. The van der Waals surface area contributed by atoms with Crippen molar-refractivity contribution in [1.29, 1.82) is 0 Å². The summed E-state index contributed by atoms with van der Waals surface area (Å²) in [4.78, 5) is 12.5. The lowest BCUT2D eigenvalue weighted by molar-refractivity contribution is 0.0846. The van der Waals surface area contributed by atoms with Crippen LogP contribution < -0.4 is 23.7 Å². The standard InChI is InChI=1S/C18H16O6/c1-20-10-3-4-11-13(19)7-16(24-15(11)5-10)12-6-17-18(23-9-22-17)8-14(12)21-2/h3-6,8,16H,7,9H2,1-2H3. The molecule has 1 atom stereocenters. The Morgan fingerprint density at radius 3 is 2.54 bits per heavy atom. The Morgan fingerprint density at radius 2 is 1.79 bits per heavy atom. The van der Waals surface area contributed by atoms with Gasteiger partial charge in [-0.15, -0.1) is 0 Å². The van der Waals surface area contributed by atoms with E-state index in [1.54, 1.807) is 38.5 Å². The Bertz CT molecular complexity index is 813. The molecule has 0 spiro atoms. The Labute approximate surface area is 138 Å². The van der Waals surface area contributed by atoms with E-state index in [1.165, 1.54) is 0 Å². The van der Waals surface area contributed by atoms with Crippen LogP contribution in [0.5, 0.6) is 28.7 Å². The quantitative estimate of drug-likeness (QED) is 0.862. The molecule has 0 radical (unpaired) electrons. The zero-order chi connectivity index (χ0) is 16.7. The van der Waals surface area contributed by atoms with E-state index in [1.807, 2.05) is 6.07 Å². The van der Waals surface area contributed by atoms with E-state index < -0.39 is 6.10 Å². The molecule has 0 N–H and O–H groups in total. The predicted molar refractivity (Wildman–Crippen MR) is 84.4 cm³/mol. The molecule has 6 nitrogen and oxygen atoms in total. The van der Waals surface area contributed by atoms with Crippen molar-refractivity contribution in [3.63, 3.8) is 0 Å². The van der Waals surface area contributed by atoms with Crippen LogP contribution in [-0.2, 0) is 0 Å². The van der Waals surface area contributed by atoms with Crippen LogP contribution in [0, 0.1) is 0 Å². The molecule has 2 aliphatic heterocycles. The number of benzene rings is 2. The molecule has 0 amide bonds. The van der Waals surface area contributed by atoms with E-state index >= 15 is 0 Å². The average molecular weight is 328 g/mol. The number of carbonyl (C=O) groups is 1. The van der Waals surface area contributed by atoms with Gasteiger partial charge in [-0.1, -0.05) is 0 Å². The highest BCUT2D eigenvalue weighted by atomic mass is 16.7. The molecule has 0 bridgehead atoms. The van der Waals surface area contributed by atoms with Crippen LogP contribution in [0.1, 0.15) is 28.4 Å². The number of rotatable bonds is 3.